The number of nitrogens with zero attached hydrogens (tertiary/aromatic N) is 4. The van der Waals surface area contributed by atoms with Crippen molar-refractivity contribution in [2.75, 3.05) is 25.1 Å². The van der Waals surface area contributed by atoms with Crippen molar-refractivity contribution in [2.24, 2.45) is 5.92 Å². The summed E-state index contributed by atoms with van der Waals surface area (Å²) in [7, 11) is 1.43. The van der Waals surface area contributed by atoms with Crippen LogP contribution in [0.4, 0.5) is 5.82 Å². The molecule has 2 aromatic rings. The van der Waals surface area contributed by atoms with E-state index in [0.717, 1.165) is 30.6 Å². The molecule has 0 aliphatic carbocycles. The molecule has 1 N–H and O–H groups in total. The van der Waals surface area contributed by atoms with Gasteiger partial charge in [0.05, 0.1) is 24.6 Å². The lowest BCUT2D eigenvalue weighted by molar-refractivity contribution is -0.145. The van der Waals surface area contributed by atoms with Gasteiger partial charge < -0.3 is 9.64 Å². The van der Waals surface area contributed by atoms with Gasteiger partial charge in [-0.1, -0.05) is 0 Å². The summed E-state index contributed by atoms with van der Waals surface area (Å²) in [5, 5.41) is 7.69. The quantitative estimate of drug-likeness (QED) is 0.803. The van der Waals surface area contributed by atoms with Crippen molar-refractivity contribution in [2.45, 2.75) is 12.8 Å². The number of rotatable bonds is 2. The Hall–Kier alpha value is -2.18. The van der Waals surface area contributed by atoms with Crippen LogP contribution in [0.3, 0.4) is 0 Å². The van der Waals surface area contributed by atoms with Crippen LogP contribution in [0.15, 0.2) is 12.5 Å². The van der Waals surface area contributed by atoms with E-state index in [1.807, 2.05) is 0 Å². The first-order valence-corrected chi connectivity index (χ1v) is 6.26. The molecule has 1 aliphatic heterocycles. The number of carbonyl (C=O) groups is 1. The Balaban J connectivity index is 1.89. The molecule has 3 heterocycles. The topological polar surface area (TPSA) is 84.0 Å². The molecule has 0 bridgehead atoms. The Morgan fingerprint density at radius 1 is 1.53 bits per heavy atom. The summed E-state index contributed by atoms with van der Waals surface area (Å²) >= 11 is 0. The van der Waals surface area contributed by atoms with Crippen molar-refractivity contribution in [1.82, 2.24) is 20.2 Å². The van der Waals surface area contributed by atoms with Gasteiger partial charge in [-0.3, -0.25) is 9.89 Å². The standard InChI is InChI=1S/C12H15N5O2/c1-19-12(18)8-3-2-4-17(6-8)11-9-5-15-16-10(9)13-7-14-11/h5,7-8H,2-4,6H2,1H3,(H,13,14,15,16)/t8-/m0/s1. The van der Waals surface area contributed by atoms with Crippen molar-refractivity contribution < 1.29 is 9.53 Å². The molecule has 2 aromatic heterocycles. The Morgan fingerprint density at radius 3 is 3.26 bits per heavy atom. The highest BCUT2D eigenvalue weighted by molar-refractivity contribution is 5.86. The van der Waals surface area contributed by atoms with Crippen LogP contribution >= 0.6 is 0 Å². The lowest BCUT2D eigenvalue weighted by atomic mass is 9.98. The molecule has 0 radical (unpaired) electrons. The highest BCUT2D eigenvalue weighted by Gasteiger charge is 2.28. The molecule has 0 saturated carbocycles. The van der Waals surface area contributed by atoms with Gasteiger partial charge >= 0.3 is 5.97 Å². The fourth-order valence-corrected chi connectivity index (χ4v) is 2.53. The predicted octanol–water partition coefficient (Wildman–Crippen LogP) is 0.742. The lowest BCUT2D eigenvalue weighted by Gasteiger charge is -2.32. The number of methoxy groups -OCH3 is 1. The molecule has 7 nitrogen and oxygen atoms in total. The van der Waals surface area contributed by atoms with E-state index in [-0.39, 0.29) is 11.9 Å². The molecular formula is C12H15N5O2. The molecule has 1 saturated heterocycles. The Bertz CT molecular complexity index is 597. The molecule has 0 spiro atoms. The molecular weight excluding hydrogens is 246 g/mol. The van der Waals surface area contributed by atoms with Crippen LogP contribution in [-0.4, -0.2) is 46.3 Å². The third-order valence-corrected chi connectivity index (χ3v) is 3.48. The van der Waals surface area contributed by atoms with E-state index < -0.39 is 0 Å². The zero-order chi connectivity index (χ0) is 13.2. The number of fused-ring (bicyclic) bond motifs is 1. The first kappa shape index (κ1) is 11.9. The van der Waals surface area contributed by atoms with E-state index >= 15 is 0 Å². The molecule has 100 valence electrons. The molecule has 0 unspecified atom stereocenters. The van der Waals surface area contributed by atoms with E-state index in [4.69, 9.17) is 4.74 Å². The zero-order valence-electron chi connectivity index (χ0n) is 10.7. The van der Waals surface area contributed by atoms with Crippen LogP contribution in [0, 0.1) is 5.92 Å². The summed E-state index contributed by atoms with van der Waals surface area (Å²) in [5.74, 6) is 0.588. The smallest absolute Gasteiger partial charge is 0.310 e. The molecule has 7 heteroatoms. The lowest BCUT2D eigenvalue weighted by Crippen LogP contribution is -2.39. The summed E-state index contributed by atoms with van der Waals surface area (Å²) < 4.78 is 4.83. The van der Waals surface area contributed by atoms with Gasteiger partial charge in [0, 0.05) is 13.1 Å². The van der Waals surface area contributed by atoms with Gasteiger partial charge in [-0.05, 0) is 12.8 Å². The number of aromatic amines is 1. The Morgan fingerprint density at radius 2 is 2.42 bits per heavy atom. The van der Waals surface area contributed by atoms with Gasteiger partial charge in [0.25, 0.3) is 0 Å². The van der Waals surface area contributed by atoms with E-state index in [2.05, 4.69) is 25.1 Å². The number of piperidine rings is 1. The number of hydrogen-bond donors (Lipinski definition) is 1. The molecule has 0 amide bonds. The second kappa shape index (κ2) is 4.83. The summed E-state index contributed by atoms with van der Waals surface area (Å²) in [6.07, 6.45) is 5.04. The maximum Gasteiger partial charge on any atom is 0.310 e. The SMILES string of the molecule is COC(=O)[C@H]1CCCN(c2ncnc3[nH]ncc23)C1. The van der Waals surface area contributed by atoms with Crippen molar-refractivity contribution in [3.05, 3.63) is 12.5 Å². The van der Waals surface area contributed by atoms with E-state index in [9.17, 15) is 4.79 Å². The summed E-state index contributed by atoms with van der Waals surface area (Å²) in [4.78, 5) is 22.2. The van der Waals surface area contributed by atoms with Crippen LogP contribution in [0.2, 0.25) is 0 Å². The normalized spacial score (nSPS) is 19.6. The molecule has 19 heavy (non-hydrogen) atoms. The molecule has 1 atom stereocenters. The van der Waals surface area contributed by atoms with E-state index in [0.29, 0.717) is 12.2 Å². The number of esters is 1. The molecule has 1 fully saturated rings. The van der Waals surface area contributed by atoms with Gasteiger partial charge in [0.15, 0.2) is 5.65 Å². The first-order chi connectivity index (χ1) is 9.29. The summed E-state index contributed by atoms with van der Waals surface area (Å²) in [6.45, 7) is 1.51. The van der Waals surface area contributed by atoms with Crippen molar-refractivity contribution in [1.29, 1.82) is 0 Å². The van der Waals surface area contributed by atoms with Crippen molar-refractivity contribution in [3.8, 4) is 0 Å². The van der Waals surface area contributed by atoms with E-state index in [1.54, 1.807) is 6.20 Å². The third kappa shape index (κ3) is 2.11. The molecule has 1 aliphatic rings. The number of nitrogens with one attached hydrogen (secondary N) is 1. The fraction of sp³-hybridized carbons (Fsp3) is 0.500. The van der Waals surface area contributed by atoms with Gasteiger partial charge in [-0.2, -0.15) is 5.10 Å². The Labute approximate surface area is 110 Å². The number of hydrogen-bond acceptors (Lipinski definition) is 6. The number of carbonyl (C=O) groups excluding carboxylic acids is 1. The minimum absolute atomic E-state index is 0.0873. The number of anilines is 1. The van der Waals surface area contributed by atoms with Crippen LogP contribution in [0.1, 0.15) is 12.8 Å². The van der Waals surface area contributed by atoms with Crippen LogP contribution < -0.4 is 4.90 Å². The average molecular weight is 261 g/mol. The van der Waals surface area contributed by atoms with Gasteiger partial charge in [0.1, 0.15) is 12.1 Å². The highest BCUT2D eigenvalue weighted by atomic mass is 16.5. The van der Waals surface area contributed by atoms with Crippen molar-refractivity contribution >= 4 is 22.8 Å². The van der Waals surface area contributed by atoms with Crippen LogP contribution in [-0.2, 0) is 9.53 Å². The maximum atomic E-state index is 11.7. The van der Waals surface area contributed by atoms with Crippen molar-refractivity contribution in [3.63, 3.8) is 0 Å². The predicted molar refractivity (Wildman–Crippen MR) is 68.6 cm³/mol. The van der Waals surface area contributed by atoms with Gasteiger partial charge in [-0.15, -0.1) is 0 Å². The molecule has 3 rings (SSSR count). The van der Waals surface area contributed by atoms with Crippen LogP contribution in [0.25, 0.3) is 11.0 Å². The largest absolute Gasteiger partial charge is 0.469 e. The summed E-state index contributed by atoms with van der Waals surface area (Å²) in [5.41, 5.74) is 0.713. The monoisotopic (exact) mass is 261 g/mol. The van der Waals surface area contributed by atoms with Gasteiger partial charge in [-0.25, -0.2) is 9.97 Å². The summed E-state index contributed by atoms with van der Waals surface area (Å²) in [6, 6.07) is 0. The second-order valence-electron chi connectivity index (χ2n) is 4.64. The minimum Gasteiger partial charge on any atom is -0.469 e. The number of H-pyrrole nitrogens is 1. The average Bonchev–Trinajstić information content (AvgIpc) is 2.94. The molecule has 0 aromatic carbocycles. The number of ether oxygens (including phenoxy) is 1. The van der Waals surface area contributed by atoms with E-state index in [1.165, 1.54) is 13.4 Å². The van der Waals surface area contributed by atoms with Gasteiger partial charge in [0.2, 0.25) is 0 Å². The zero-order valence-corrected chi connectivity index (χ0v) is 10.7. The second-order valence-corrected chi connectivity index (χ2v) is 4.64. The Kier molecular flexibility index (Phi) is 3.02. The first-order valence-electron chi connectivity index (χ1n) is 6.26. The number of aromatic nitrogens is 4. The third-order valence-electron chi connectivity index (χ3n) is 3.48. The minimum atomic E-state index is -0.151. The fourth-order valence-electron chi connectivity index (χ4n) is 2.53. The van der Waals surface area contributed by atoms with Crippen LogP contribution in [0.5, 0.6) is 0 Å². The maximum absolute atomic E-state index is 11.7. The highest BCUT2D eigenvalue weighted by Crippen LogP contribution is 2.26.